The van der Waals surface area contributed by atoms with Crippen LogP contribution in [0.4, 0.5) is 33.7 Å². The van der Waals surface area contributed by atoms with Crippen LogP contribution in [0.15, 0.2) is 6.07 Å². The normalized spacial score (nSPS) is 30.1. The Labute approximate surface area is 161 Å². The Kier molecular flexibility index (Phi) is 4.25. The van der Waals surface area contributed by atoms with E-state index >= 15 is 0 Å². The van der Waals surface area contributed by atoms with E-state index in [2.05, 4.69) is 14.7 Å². The number of nitrogens with zero attached hydrogens (tertiary/aromatic N) is 4. The molecule has 3 fully saturated rings. The van der Waals surface area contributed by atoms with Gasteiger partial charge in [-0.1, -0.05) is 0 Å². The third-order valence-electron chi connectivity index (χ3n) is 5.89. The van der Waals surface area contributed by atoms with Gasteiger partial charge in [-0.05, 0) is 18.8 Å². The molecule has 3 aliphatic rings. The first-order valence-electron chi connectivity index (χ1n) is 8.93. The largest absolute Gasteiger partial charge is 0.469 e. The van der Waals surface area contributed by atoms with E-state index in [1.165, 1.54) is 14.0 Å². The van der Waals surface area contributed by atoms with Crippen molar-refractivity contribution in [1.82, 2.24) is 9.97 Å². The van der Waals surface area contributed by atoms with E-state index in [4.69, 9.17) is 0 Å². The second-order valence-corrected chi connectivity index (χ2v) is 7.56. The maximum atomic E-state index is 13.5. The molecule has 29 heavy (non-hydrogen) atoms. The van der Waals surface area contributed by atoms with E-state index in [-0.39, 0.29) is 30.6 Å². The number of alkyl halides is 5. The Bertz CT molecular complexity index is 877. The van der Waals surface area contributed by atoms with Crippen molar-refractivity contribution in [3.63, 3.8) is 0 Å². The van der Waals surface area contributed by atoms with Crippen LogP contribution in [0.3, 0.4) is 0 Å². The van der Waals surface area contributed by atoms with Crippen LogP contribution in [-0.2, 0) is 20.5 Å². The fraction of sp³-hybridized carbons (Fsp3) is 0.647. The minimum atomic E-state index is -4.83. The molecule has 1 amide bonds. The lowest BCUT2D eigenvalue weighted by atomic mass is 10.0. The van der Waals surface area contributed by atoms with Crippen molar-refractivity contribution in [3.05, 3.63) is 11.8 Å². The zero-order valence-electron chi connectivity index (χ0n) is 15.4. The molecule has 1 saturated carbocycles. The van der Waals surface area contributed by atoms with Gasteiger partial charge in [0.2, 0.25) is 11.9 Å². The van der Waals surface area contributed by atoms with Gasteiger partial charge in [0.1, 0.15) is 5.82 Å². The van der Waals surface area contributed by atoms with Crippen LogP contribution in [0.1, 0.15) is 19.0 Å². The molecule has 1 aliphatic carbocycles. The fourth-order valence-corrected chi connectivity index (χ4v) is 3.99. The number of hydrogen-bond donors (Lipinski definition) is 0. The summed E-state index contributed by atoms with van der Waals surface area (Å²) in [6.07, 6.45) is -4.77. The molecule has 4 unspecified atom stereocenters. The number of carbonyl (C=O) groups is 2. The summed E-state index contributed by atoms with van der Waals surface area (Å²) in [6, 6.07) is -0.713. The number of hydrogen-bond acceptors (Lipinski definition) is 6. The fourth-order valence-electron chi connectivity index (χ4n) is 3.99. The summed E-state index contributed by atoms with van der Waals surface area (Å²) in [5, 5.41) is 0. The first kappa shape index (κ1) is 19.8. The molecule has 2 aliphatic heterocycles. The Morgan fingerprint density at radius 3 is 2.52 bits per heavy atom. The van der Waals surface area contributed by atoms with E-state index < -0.39 is 54.1 Å². The number of anilines is 2. The summed E-state index contributed by atoms with van der Waals surface area (Å²) in [7, 11) is 1.23. The van der Waals surface area contributed by atoms with Gasteiger partial charge in [-0.3, -0.25) is 14.5 Å². The number of methoxy groups -OCH3 is 1. The molecule has 3 heterocycles. The number of rotatable bonds is 4. The summed E-state index contributed by atoms with van der Waals surface area (Å²) < 4.78 is 71.4. The molecule has 0 N–H and O–H groups in total. The van der Waals surface area contributed by atoms with Crippen LogP contribution in [0.25, 0.3) is 0 Å². The molecular weight excluding hydrogens is 403 g/mol. The lowest BCUT2D eigenvalue weighted by molar-refractivity contribution is -0.142. The molecule has 158 valence electrons. The Morgan fingerprint density at radius 2 is 2.03 bits per heavy atom. The maximum absolute atomic E-state index is 13.5. The predicted molar refractivity (Wildman–Crippen MR) is 88.2 cm³/mol. The lowest BCUT2D eigenvalue weighted by Crippen LogP contribution is -2.64. The maximum Gasteiger partial charge on any atom is 0.433 e. The molecule has 4 atom stereocenters. The van der Waals surface area contributed by atoms with Crippen LogP contribution < -0.4 is 9.80 Å². The Balaban J connectivity index is 1.59. The van der Waals surface area contributed by atoms with Crippen LogP contribution in [0.2, 0.25) is 0 Å². The molecule has 0 bridgehead atoms. The highest BCUT2D eigenvalue weighted by Gasteiger charge is 2.62. The summed E-state index contributed by atoms with van der Waals surface area (Å²) in [5.74, 6) is -5.58. The quantitative estimate of drug-likeness (QED) is 0.549. The number of esters is 1. The van der Waals surface area contributed by atoms with E-state index in [0.717, 1.165) is 9.80 Å². The van der Waals surface area contributed by atoms with Crippen molar-refractivity contribution >= 4 is 23.6 Å². The minimum absolute atomic E-state index is 0.0641. The standard InChI is InChI=1S/C17H17F5N4O3/c1-7-16(18,19)6-26(7)15-23-10(17(20,21)22)4-11(24-15)25-5-9-8(3-12(27)29-2)13(9)14(25)28/h4,7-9,13H,3,5-6H2,1-2H3. The molecule has 0 radical (unpaired) electrons. The van der Waals surface area contributed by atoms with E-state index in [1.807, 2.05) is 0 Å². The topological polar surface area (TPSA) is 75.6 Å². The van der Waals surface area contributed by atoms with E-state index in [9.17, 15) is 31.5 Å². The number of ether oxygens (including phenoxy) is 1. The Hall–Kier alpha value is -2.53. The number of amides is 1. The number of halogens is 5. The number of carbonyl (C=O) groups excluding carboxylic acids is 2. The van der Waals surface area contributed by atoms with Crippen molar-refractivity contribution in [2.75, 3.05) is 30.0 Å². The molecule has 12 heteroatoms. The Morgan fingerprint density at radius 1 is 1.34 bits per heavy atom. The van der Waals surface area contributed by atoms with Crippen molar-refractivity contribution in [1.29, 1.82) is 0 Å². The first-order valence-corrected chi connectivity index (χ1v) is 8.93. The molecular formula is C17H17F5N4O3. The van der Waals surface area contributed by atoms with E-state index in [1.54, 1.807) is 0 Å². The van der Waals surface area contributed by atoms with Crippen LogP contribution >= 0.6 is 0 Å². The number of fused-ring (bicyclic) bond motifs is 1. The zero-order chi connectivity index (χ0) is 21.3. The third-order valence-corrected chi connectivity index (χ3v) is 5.89. The molecule has 1 aromatic rings. The average molecular weight is 420 g/mol. The van der Waals surface area contributed by atoms with Gasteiger partial charge in [-0.25, -0.2) is 13.8 Å². The highest BCUT2D eigenvalue weighted by Crippen LogP contribution is 2.55. The summed E-state index contributed by atoms with van der Waals surface area (Å²) in [6.45, 7) is 0.473. The van der Waals surface area contributed by atoms with Crippen molar-refractivity contribution in [3.8, 4) is 0 Å². The van der Waals surface area contributed by atoms with Crippen LogP contribution in [-0.4, -0.2) is 54.0 Å². The molecule has 0 spiro atoms. The molecule has 4 rings (SSSR count). The van der Waals surface area contributed by atoms with Crippen LogP contribution in [0, 0.1) is 17.8 Å². The zero-order valence-corrected chi connectivity index (χ0v) is 15.4. The number of piperidine rings is 1. The lowest BCUT2D eigenvalue weighted by Gasteiger charge is -2.45. The molecule has 7 nitrogen and oxygen atoms in total. The average Bonchev–Trinajstić information content (AvgIpc) is 3.21. The monoisotopic (exact) mass is 420 g/mol. The van der Waals surface area contributed by atoms with Gasteiger partial charge in [0.25, 0.3) is 5.92 Å². The van der Waals surface area contributed by atoms with E-state index in [0.29, 0.717) is 6.07 Å². The summed E-state index contributed by atoms with van der Waals surface area (Å²) in [5.41, 5.74) is -1.31. The van der Waals surface area contributed by atoms with Gasteiger partial charge in [0, 0.05) is 24.9 Å². The van der Waals surface area contributed by atoms with Crippen molar-refractivity contribution in [2.45, 2.75) is 31.5 Å². The van der Waals surface area contributed by atoms with Crippen LogP contribution in [0.5, 0.6) is 0 Å². The molecule has 0 aromatic carbocycles. The highest BCUT2D eigenvalue weighted by molar-refractivity contribution is 6.00. The van der Waals surface area contributed by atoms with Gasteiger partial charge in [0.05, 0.1) is 19.7 Å². The van der Waals surface area contributed by atoms with Gasteiger partial charge < -0.3 is 9.64 Å². The first-order chi connectivity index (χ1) is 13.4. The van der Waals surface area contributed by atoms with Gasteiger partial charge in [-0.2, -0.15) is 18.2 Å². The minimum Gasteiger partial charge on any atom is -0.469 e. The second kappa shape index (κ2) is 6.23. The molecule has 2 saturated heterocycles. The second-order valence-electron chi connectivity index (χ2n) is 7.56. The summed E-state index contributed by atoms with van der Waals surface area (Å²) >= 11 is 0. The van der Waals surface area contributed by atoms with Crippen molar-refractivity contribution in [2.24, 2.45) is 17.8 Å². The smallest absolute Gasteiger partial charge is 0.433 e. The number of aromatic nitrogens is 2. The van der Waals surface area contributed by atoms with Gasteiger partial charge in [0.15, 0.2) is 5.69 Å². The highest BCUT2D eigenvalue weighted by atomic mass is 19.4. The molecule has 1 aromatic heterocycles. The van der Waals surface area contributed by atoms with Gasteiger partial charge >= 0.3 is 12.1 Å². The third kappa shape index (κ3) is 3.18. The van der Waals surface area contributed by atoms with Gasteiger partial charge in [-0.15, -0.1) is 0 Å². The SMILES string of the molecule is COC(=O)CC1C2CN(c3cc(C(F)(F)F)nc(N4CC(F)(F)C4C)n3)C(=O)C12. The van der Waals surface area contributed by atoms with Crippen molar-refractivity contribution < 1.29 is 36.3 Å². The predicted octanol–water partition coefficient (Wildman–Crippen LogP) is 2.11. The summed E-state index contributed by atoms with van der Waals surface area (Å²) in [4.78, 5) is 33.4.